The van der Waals surface area contributed by atoms with Gasteiger partial charge in [-0.15, -0.1) is 0 Å². The highest BCUT2D eigenvalue weighted by Gasteiger charge is 2.13. The zero-order chi connectivity index (χ0) is 19.9. The van der Waals surface area contributed by atoms with Gasteiger partial charge in [-0.25, -0.2) is 19.2 Å². The van der Waals surface area contributed by atoms with Crippen LogP contribution in [0.1, 0.15) is 25.1 Å². The van der Waals surface area contributed by atoms with E-state index in [1.807, 2.05) is 13.0 Å². The first-order chi connectivity index (χ1) is 13.5. The summed E-state index contributed by atoms with van der Waals surface area (Å²) in [5.41, 5.74) is 0.425. The maximum absolute atomic E-state index is 13.1. The Morgan fingerprint density at radius 1 is 1.18 bits per heavy atom. The van der Waals surface area contributed by atoms with Crippen molar-refractivity contribution in [1.82, 2.24) is 15.3 Å². The largest absolute Gasteiger partial charge is 0.368 e. The van der Waals surface area contributed by atoms with Crippen LogP contribution in [-0.4, -0.2) is 42.2 Å². The van der Waals surface area contributed by atoms with Crippen LogP contribution >= 0.6 is 11.6 Å². The minimum Gasteiger partial charge on any atom is -0.368 e. The van der Waals surface area contributed by atoms with E-state index in [2.05, 4.69) is 30.8 Å². The molecule has 0 spiro atoms. The summed E-state index contributed by atoms with van der Waals surface area (Å²) in [6.07, 6.45) is 3.64. The summed E-state index contributed by atoms with van der Waals surface area (Å²) in [7, 11) is 0. The van der Waals surface area contributed by atoms with Gasteiger partial charge in [-0.1, -0.05) is 11.6 Å². The molecule has 1 aromatic carbocycles. The van der Waals surface area contributed by atoms with Crippen LogP contribution in [0.5, 0.6) is 0 Å². The molecule has 3 rings (SSSR count). The first-order valence-corrected chi connectivity index (χ1v) is 9.73. The Kier molecular flexibility index (Phi) is 6.86. The molecule has 7 nitrogen and oxygen atoms in total. The van der Waals surface area contributed by atoms with Crippen LogP contribution in [0.3, 0.4) is 0 Å². The molecule has 0 bridgehead atoms. The molecule has 0 aliphatic carbocycles. The second kappa shape index (κ2) is 9.54. The molecule has 150 valence electrons. The first kappa shape index (κ1) is 20.1. The number of anilines is 3. The van der Waals surface area contributed by atoms with Gasteiger partial charge in [0.15, 0.2) is 0 Å². The van der Waals surface area contributed by atoms with Crippen LogP contribution in [0, 0.1) is 12.7 Å². The smallest absolute Gasteiger partial charge is 0.319 e. The highest BCUT2D eigenvalue weighted by atomic mass is 35.5. The van der Waals surface area contributed by atoms with E-state index in [0.29, 0.717) is 24.6 Å². The van der Waals surface area contributed by atoms with E-state index in [1.54, 1.807) is 0 Å². The lowest BCUT2D eigenvalue weighted by Crippen LogP contribution is -2.33. The molecule has 28 heavy (non-hydrogen) atoms. The van der Waals surface area contributed by atoms with Crippen molar-refractivity contribution in [3.8, 4) is 0 Å². The number of aromatic nitrogens is 2. The third kappa shape index (κ3) is 5.69. The Bertz CT molecular complexity index is 828. The van der Waals surface area contributed by atoms with Crippen LogP contribution in [0.4, 0.5) is 26.5 Å². The van der Waals surface area contributed by atoms with Gasteiger partial charge in [-0.05, 0) is 44.4 Å². The fraction of sp³-hybridized carbons (Fsp3) is 0.421. The number of nitrogens with one attached hydrogen (secondary N) is 3. The molecule has 3 N–H and O–H groups in total. The number of carbonyl (C=O) groups is 1. The lowest BCUT2D eigenvalue weighted by molar-refractivity contribution is 0.252. The van der Waals surface area contributed by atoms with Crippen molar-refractivity contribution >= 4 is 35.0 Å². The molecule has 2 amide bonds. The second-order valence-corrected chi connectivity index (χ2v) is 7.05. The summed E-state index contributed by atoms with van der Waals surface area (Å²) in [6.45, 7) is 4.81. The molecule has 2 heterocycles. The summed E-state index contributed by atoms with van der Waals surface area (Å²) in [5.74, 6) is 1.86. The highest BCUT2D eigenvalue weighted by molar-refractivity contribution is 6.31. The molecule has 1 aliphatic rings. The number of rotatable bonds is 6. The van der Waals surface area contributed by atoms with Crippen molar-refractivity contribution in [2.75, 3.05) is 41.7 Å². The number of hydrogen-bond donors (Lipinski definition) is 3. The summed E-state index contributed by atoms with van der Waals surface area (Å²) in [4.78, 5) is 23.1. The van der Waals surface area contributed by atoms with Crippen molar-refractivity contribution < 1.29 is 9.18 Å². The lowest BCUT2D eigenvalue weighted by atomic mass is 10.1. The Morgan fingerprint density at radius 3 is 2.71 bits per heavy atom. The molecule has 2 aromatic rings. The first-order valence-electron chi connectivity index (χ1n) is 9.36. The maximum atomic E-state index is 13.1. The molecule has 1 aromatic heterocycles. The number of hydrogen-bond acceptors (Lipinski definition) is 5. The van der Waals surface area contributed by atoms with Gasteiger partial charge in [0.2, 0.25) is 0 Å². The quantitative estimate of drug-likeness (QED) is 0.635. The van der Waals surface area contributed by atoms with Crippen molar-refractivity contribution in [3.05, 3.63) is 40.9 Å². The Hall–Kier alpha value is -2.61. The van der Waals surface area contributed by atoms with E-state index in [-0.39, 0.29) is 5.02 Å². The number of amides is 2. The van der Waals surface area contributed by atoms with E-state index >= 15 is 0 Å². The fourth-order valence-corrected chi connectivity index (χ4v) is 3.22. The predicted molar refractivity (Wildman–Crippen MR) is 110 cm³/mol. The van der Waals surface area contributed by atoms with Crippen LogP contribution in [0.2, 0.25) is 5.02 Å². The minimum absolute atomic E-state index is 0.0388. The SMILES string of the molecule is Cc1nc(NCCNC(=O)Nc2ccc(F)c(Cl)c2)cc(N2CCCCC2)n1. The average Bonchev–Trinajstić information content (AvgIpc) is 2.68. The molecule has 1 saturated heterocycles. The van der Waals surface area contributed by atoms with E-state index in [9.17, 15) is 9.18 Å². The average molecular weight is 407 g/mol. The molecular weight excluding hydrogens is 383 g/mol. The number of carbonyl (C=O) groups excluding carboxylic acids is 1. The molecule has 0 saturated carbocycles. The molecule has 1 aliphatic heterocycles. The Labute approximate surface area is 168 Å². The molecular formula is C19H24ClFN6O. The number of piperidine rings is 1. The van der Waals surface area contributed by atoms with Crippen molar-refractivity contribution in [2.24, 2.45) is 0 Å². The van der Waals surface area contributed by atoms with E-state index in [1.165, 1.54) is 37.5 Å². The van der Waals surface area contributed by atoms with E-state index in [4.69, 9.17) is 11.6 Å². The number of nitrogens with zero attached hydrogens (tertiary/aromatic N) is 3. The minimum atomic E-state index is -0.527. The van der Waals surface area contributed by atoms with Gasteiger partial charge in [-0.3, -0.25) is 0 Å². The fourth-order valence-electron chi connectivity index (χ4n) is 3.04. The molecule has 0 radical (unpaired) electrons. The molecule has 0 unspecified atom stereocenters. The molecule has 0 atom stereocenters. The number of aryl methyl sites for hydroxylation is 1. The number of benzene rings is 1. The van der Waals surface area contributed by atoms with Crippen molar-refractivity contribution in [1.29, 1.82) is 0 Å². The van der Waals surface area contributed by atoms with E-state index in [0.717, 1.165) is 24.7 Å². The Morgan fingerprint density at radius 2 is 1.96 bits per heavy atom. The van der Waals surface area contributed by atoms with Crippen LogP contribution in [-0.2, 0) is 0 Å². The van der Waals surface area contributed by atoms with Gasteiger partial charge < -0.3 is 20.9 Å². The monoisotopic (exact) mass is 406 g/mol. The molecule has 1 fully saturated rings. The van der Waals surface area contributed by atoms with Gasteiger partial charge in [0.25, 0.3) is 0 Å². The normalized spacial score (nSPS) is 13.9. The van der Waals surface area contributed by atoms with E-state index < -0.39 is 11.8 Å². The van der Waals surface area contributed by atoms with Gasteiger partial charge in [0.05, 0.1) is 5.02 Å². The third-order valence-corrected chi connectivity index (χ3v) is 4.69. The number of urea groups is 1. The summed E-state index contributed by atoms with van der Waals surface area (Å²) in [5, 5.41) is 8.50. The molecule has 9 heteroatoms. The van der Waals surface area contributed by atoms with Gasteiger partial charge in [0.1, 0.15) is 23.3 Å². The summed E-state index contributed by atoms with van der Waals surface area (Å²) >= 11 is 5.70. The van der Waals surface area contributed by atoms with Crippen LogP contribution in [0.25, 0.3) is 0 Å². The number of halogens is 2. The summed E-state index contributed by atoms with van der Waals surface area (Å²) < 4.78 is 13.1. The zero-order valence-corrected chi connectivity index (χ0v) is 16.5. The summed E-state index contributed by atoms with van der Waals surface area (Å²) in [6, 6.07) is 5.57. The van der Waals surface area contributed by atoms with Gasteiger partial charge in [0, 0.05) is 37.9 Å². The Balaban J connectivity index is 1.46. The maximum Gasteiger partial charge on any atom is 0.319 e. The van der Waals surface area contributed by atoms with Gasteiger partial charge >= 0.3 is 6.03 Å². The van der Waals surface area contributed by atoms with Crippen LogP contribution in [0.15, 0.2) is 24.3 Å². The predicted octanol–water partition coefficient (Wildman–Crippen LogP) is 3.80. The lowest BCUT2D eigenvalue weighted by Gasteiger charge is -2.28. The standard InChI is InChI=1S/C19H24ClFN6O/c1-13-24-17(12-18(25-13)27-9-3-2-4-10-27)22-7-8-23-19(28)26-14-5-6-16(21)15(20)11-14/h5-6,11-12H,2-4,7-10H2,1H3,(H,22,24,25)(H2,23,26,28). The van der Waals surface area contributed by atoms with Gasteiger partial charge in [-0.2, -0.15) is 0 Å². The topological polar surface area (TPSA) is 82.2 Å². The third-order valence-electron chi connectivity index (χ3n) is 4.40. The highest BCUT2D eigenvalue weighted by Crippen LogP contribution is 2.20. The second-order valence-electron chi connectivity index (χ2n) is 6.64. The van der Waals surface area contributed by atoms with Crippen molar-refractivity contribution in [3.63, 3.8) is 0 Å². The zero-order valence-electron chi connectivity index (χ0n) is 15.8. The van der Waals surface area contributed by atoms with Crippen LogP contribution < -0.4 is 20.9 Å². The van der Waals surface area contributed by atoms with Crippen molar-refractivity contribution in [2.45, 2.75) is 26.2 Å².